The van der Waals surface area contributed by atoms with Gasteiger partial charge in [0.15, 0.2) is 16.8 Å². The Hall–Kier alpha value is -2.41. The van der Waals surface area contributed by atoms with E-state index in [0.717, 1.165) is 0 Å². The van der Waals surface area contributed by atoms with Gasteiger partial charge >= 0.3 is 0 Å². The lowest BCUT2D eigenvalue weighted by Gasteiger charge is -2.36. The average Bonchev–Trinajstić information content (AvgIpc) is 3.18. The molecule has 33 heavy (non-hydrogen) atoms. The number of likely N-dealkylation sites (N-methyl/N-ethyl adjacent to an activating group) is 1. The number of nitrogens with one attached hydrogen (secondary N) is 1. The minimum absolute atomic E-state index is 0.00163. The second-order valence-electron chi connectivity index (χ2n) is 7.85. The molecule has 2 aliphatic rings. The van der Waals surface area contributed by atoms with Gasteiger partial charge < -0.3 is 10.2 Å². The molecule has 0 aliphatic carbocycles. The molecule has 8 nitrogen and oxygen atoms in total. The number of rotatable bonds is 4. The molecule has 2 heterocycles. The van der Waals surface area contributed by atoms with Crippen molar-refractivity contribution in [2.24, 2.45) is 5.16 Å². The van der Waals surface area contributed by atoms with E-state index in [1.165, 1.54) is 50.1 Å². The average molecular weight is 556 g/mol. The van der Waals surface area contributed by atoms with Crippen LogP contribution in [-0.4, -0.2) is 47.8 Å². The summed E-state index contributed by atoms with van der Waals surface area (Å²) in [6, 6.07) is 10.3. The van der Waals surface area contributed by atoms with E-state index in [1.807, 2.05) is 0 Å². The maximum atomic E-state index is 14.1. The van der Waals surface area contributed by atoms with E-state index in [4.69, 9.17) is 17.1 Å². The number of hydrogen-bond donors (Lipinski definition) is 2. The molecule has 3 unspecified atom stereocenters. The first-order valence-corrected chi connectivity index (χ1v) is 12.4. The predicted octanol–water partition coefficient (Wildman–Crippen LogP) is 3.06. The second-order valence-corrected chi connectivity index (χ2v) is 10.7. The van der Waals surface area contributed by atoms with Gasteiger partial charge in [0.1, 0.15) is 5.82 Å². The summed E-state index contributed by atoms with van der Waals surface area (Å²) in [4.78, 5) is 20.2. The molecule has 1 amide bonds. The lowest BCUT2D eigenvalue weighted by Crippen LogP contribution is -2.52. The Bertz CT molecular complexity index is 1330. The third-order valence-electron chi connectivity index (χ3n) is 6.17. The molecule has 3 atom stereocenters. The van der Waals surface area contributed by atoms with E-state index < -0.39 is 38.2 Å². The molecule has 4 rings (SSSR count). The molecular weight excluding hydrogens is 537 g/mol. The van der Waals surface area contributed by atoms with Crippen LogP contribution in [0.3, 0.4) is 0 Å². The van der Waals surface area contributed by atoms with Crippen molar-refractivity contribution < 1.29 is 27.0 Å². The largest absolute Gasteiger partial charge is 0.390 e. The summed E-state index contributed by atoms with van der Waals surface area (Å²) in [5.74, 6) is -1.05. The lowest BCUT2D eigenvalue weighted by atomic mass is 9.75. The zero-order valence-electron chi connectivity index (χ0n) is 17.7. The highest BCUT2D eigenvalue weighted by atomic mass is 79.9. The standard InChI is InChI=1S/C21H19BrFN3O5S2/c1-11-21(33(28,29)30,12(2)31-25-11)15-7-5-4-6-14(15)20(18(27)26(3)19(32)24-20)13-8-9-17(23)16(22)10-13/h4-10,12H,1-3H3,(H,24,32)(H,28,29,30). The molecule has 0 saturated carbocycles. The number of nitrogens with zero attached hydrogens (tertiary/aromatic N) is 2. The van der Waals surface area contributed by atoms with Crippen LogP contribution in [-0.2, 0) is 30.0 Å². The summed E-state index contributed by atoms with van der Waals surface area (Å²) >= 11 is 8.49. The Balaban J connectivity index is 2.13. The van der Waals surface area contributed by atoms with Crippen molar-refractivity contribution in [3.63, 3.8) is 0 Å². The van der Waals surface area contributed by atoms with E-state index in [2.05, 4.69) is 26.4 Å². The minimum Gasteiger partial charge on any atom is -0.390 e. The third kappa shape index (κ3) is 3.15. The fraction of sp³-hybridized carbons (Fsp3) is 0.286. The Morgan fingerprint density at radius 2 is 1.91 bits per heavy atom. The molecular formula is C21H19BrFN3O5S2. The molecule has 0 spiro atoms. The van der Waals surface area contributed by atoms with E-state index in [-0.39, 0.29) is 26.4 Å². The van der Waals surface area contributed by atoms with E-state index in [9.17, 15) is 22.2 Å². The second kappa shape index (κ2) is 7.83. The van der Waals surface area contributed by atoms with Crippen molar-refractivity contribution in [3.05, 3.63) is 69.4 Å². The number of carbonyl (C=O) groups is 1. The van der Waals surface area contributed by atoms with Crippen LogP contribution in [0.1, 0.15) is 30.5 Å². The van der Waals surface area contributed by atoms with Crippen LogP contribution in [0.2, 0.25) is 0 Å². The van der Waals surface area contributed by atoms with Crippen LogP contribution >= 0.6 is 28.1 Å². The zero-order chi connectivity index (χ0) is 24.3. The fourth-order valence-electron chi connectivity index (χ4n) is 4.58. The normalized spacial score (nSPS) is 27.4. The maximum Gasteiger partial charge on any atom is 0.284 e. The van der Waals surface area contributed by atoms with Crippen molar-refractivity contribution in [2.45, 2.75) is 30.2 Å². The third-order valence-corrected chi connectivity index (χ3v) is 8.82. The number of amides is 1. The molecule has 0 radical (unpaired) electrons. The van der Waals surface area contributed by atoms with Crippen molar-refractivity contribution in [2.75, 3.05) is 7.05 Å². The Kier molecular flexibility index (Phi) is 5.63. The van der Waals surface area contributed by atoms with Gasteiger partial charge in [-0.15, -0.1) is 0 Å². The molecule has 2 aliphatic heterocycles. The number of benzene rings is 2. The zero-order valence-corrected chi connectivity index (χ0v) is 20.9. The summed E-state index contributed by atoms with van der Waals surface area (Å²) in [6.07, 6.45) is -1.10. The molecule has 0 bridgehead atoms. The highest BCUT2D eigenvalue weighted by Crippen LogP contribution is 2.47. The van der Waals surface area contributed by atoms with E-state index in [1.54, 1.807) is 18.2 Å². The topological polar surface area (TPSA) is 108 Å². The minimum atomic E-state index is -4.85. The molecule has 0 aromatic heterocycles. The Morgan fingerprint density at radius 3 is 2.39 bits per heavy atom. The number of thiocarbonyl (C=S) groups is 1. The summed E-state index contributed by atoms with van der Waals surface area (Å²) in [7, 11) is -3.37. The summed E-state index contributed by atoms with van der Waals surface area (Å²) in [6.45, 7) is 2.89. The number of carbonyl (C=O) groups excluding carboxylic acids is 1. The highest BCUT2D eigenvalue weighted by Gasteiger charge is 2.61. The van der Waals surface area contributed by atoms with Crippen LogP contribution in [0.5, 0.6) is 0 Å². The first-order valence-electron chi connectivity index (χ1n) is 9.72. The predicted molar refractivity (Wildman–Crippen MR) is 127 cm³/mol. The van der Waals surface area contributed by atoms with Crippen molar-refractivity contribution in [3.8, 4) is 0 Å². The van der Waals surface area contributed by atoms with Gasteiger partial charge in [0.2, 0.25) is 4.75 Å². The van der Waals surface area contributed by atoms with Crippen LogP contribution in [0.25, 0.3) is 0 Å². The first-order chi connectivity index (χ1) is 15.4. The summed E-state index contributed by atoms with van der Waals surface area (Å²) in [5.41, 5.74) is -1.12. The van der Waals surface area contributed by atoms with E-state index >= 15 is 0 Å². The van der Waals surface area contributed by atoms with Gasteiger partial charge in [-0.3, -0.25) is 14.2 Å². The molecule has 2 aromatic rings. The number of oxime groups is 1. The van der Waals surface area contributed by atoms with Gasteiger partial charge in [-0.1, -0.05) is 35.5 Å². The molecule has 1 saturated heterocycles. The lowest BCUT2D eigenvalue weighted by molar-refractivity contribution is -0.129. The highest BCUT2D eigenvalue weighted by molar-refractivity contribution is 9.10. The SMILES string of the molecule is CC1=NOC(C)C1(c1ccccc1C1(c2ccc(F)c(Br)c2)NC(=S)N(C)C1=O)S(=O)(=O)O. The molecule has 174 valence electrons. The maximum absolute atomic E-state index is 14.1. The molecule has 12 heteroatoms. The van der Waals surface area contributed by atoms with Crippen LogP contribution in [0.4, 0.5) is 4.39 Å². The monoisotopic (exact) mass is 555 g/mol. The number of hydrogen-bond acceptors (Lipinski definition) is 6. The Labute approximate surface area is 203 Å². The van der Waals surface area contributed by atoms with Crippen LogP contribution in [0, 0.1) is 5.82 Å². The molecule has 2 N–H and O–H groups in total. The van der Waals surface area contributed by atoms with E-state index in [0.29, 0.717) is 5.56 Å². The van der Waals surface area contributed by atoms with Crippen molar-refractivity contribution in [1.29, 1.82) is 0 Å². The van der Waals surface area contributed by atoms with Crippen LogP contribution < -0.4 is 5.32 Å². The van der Waals surface area contributed by atoms with Gasteiger partial charge in [0.25, 0.3) is 16.0 Å². The summed E-state index contributed by atoms with van der Waals surface area (Å²) < 4.78 is 48.3. The van der Waals surface area contributed by atoms with Crippen molar-refractivity contribution in [1.82, 2.24) is 10.2 Å². The van der Waals surface area contributed by atoms with Gasteiger partial charge in [-0.2, -0.15) is 8.42 Å². The fourth-order valence-corrected chi connectivity index (χ4v) is 6.53. The quantitative estimate of drug-likeness (QED) is 0.440. The molecule has 1 fully saturated rings. The summed E-state index contributed by atoms with van der Waals surface area (Å²) in [5, 5.41) is 6.94. The molecule has 2 aromatic carbocycles. The van der Waals surface area contributed by atoms with Gasteiger partial charge in [-0.05, 0) is 70.8 Å². The van der Waals surface area contributed by atoms with Gasteiger partial charge in [-0.25, -0.2) is 4.39 Å². The van der Waals surface area contributed by atoms with Gasteiger partial charge in [0, 0.05) is 7.05 Å². The Morgan fingerprint density at radius 1 is 1.27 bits per heavy atom. The number of halogens is 2. The first kappa shape index (κ1) is 23.7. The van der Waals surface area contributed by atoms with Crippen LogP contribution in [0.15, 0.2) is 52.1 Å². The van der Waals surface area contributed by atoms with Crippen molar-refractivity contribution >= 4 is 55.0 Å². The smallest absolute Gasteiger partial charge is 0.284 e. The van der Waals surface area contributed by atoms with Gasteiger partial charge in [0.05, 0.1) is 10.2 Å².